The second kappa shape index (κ2) is 6.75. The van der Waals surface area contributed by atoms with Gasteiger partial charge in [-0.05, 0) is 42.0 Å². The van der Waals surface area contributed by atoms with Crippen molar-refractivity contribution in [2.24, 2.45) is 0 Å². The van der Waals surface area contributed by atoms with E-state index in [0.717, 1.165) is 46.2 Å². The van der Waals surface area contributed by atoms with E-state index in [1.807, 2.05) is 36.6 Å². The molecule has 1 aromatic carbocycles. The maximum atomic E-state index is 12.4. The maximum Gasteiger partial charge on any atom is 0.254 e. The van der Waals surface area contributed by atoms with Crippen molar-refractivity contribution < 1.29 is 0 Å². The molecule has 1 aliphatic heterocycles. The van der Waals surface area contributed by atoms with Crippen LogP contribution in [0.1, 0.15) is 22.4 Å². The SMILES string of the molecule is Cc1ccc(CN2CCc3c(nc(-c4cccs4)[nH]c3=O)C2)cc1Cl. The van der Waals surface area contributed by atoms with Gasteiger partial charge in [0.1, 0.15) is 0 Å². The third-order valence-electron chi connectivity index (χ3n) is 4.55. The van der Waals surface area contributed by atoms with E-state index in [1.54, 1.807) is 11.3 Å². The lowest BCUT2D eigenvalue weighted by molar-refractivity contribution is 0.240. The number of hydrogen-bond donors (Lipinski definition) is 1. The molecule has 0 radical (unpaired) electrons. The van der Waals surface area contributed by atoms with Crippen molar-refractivity contribution in [3.05, 3.63) is 73.5 Å². The number of H-pyrrole nitrogens is 1. The average Bonchev–Trinajstić information content (AvgIpc) is 3.12. The molecule has 0 fully saturated rings. The molecule has 0 amide bonds. The molecule has 0 spiro atoms. The maximum absolute atomic E-state index is 12.4. The first kappa shape index (κ1) is 16.5. The van der Waals surface area contributed by atoms with Gasteiger partial charge in [0.15, 0.2) is 5.82 Å². The summed E-state index contributed by atoms with van der Waals surface area (Å²) in [5, 5.41) is 2.78. The minimum absolute atomic E-state index is 0.00793. The van der Waals surface area contributed by atoms with Crippen LogP contribution < -0.4 is 5.56 Å². The number of aryl methyl sites for hydroxylation is 1. The molecular formula is C19H18ClN3OS. The van der Waals surface area contributed by atoms with Gasteiger partial charge in [0, 0.05) is 30.2 Å². The third kappa shape index (κ3) is 3.40. The van der Waals surface area contributed by atoms with E-state index in [0.29, 0.717) is 12.4 Å². The standard InChI is InChI=1S/C19H18ClN3OS/c1-12-4-5-13(9-15(12)20)10-23-7-6-14-16(11-23)21-18(22-19(14)24)17-3-2-8-25-17/h2-5,8-9H,6-7,10-11H2,1H3,(H,21,22,24). The molecule has 0 saturated carbocycles. The first-order chi connectivity index (χ1) is 12.1. The van der Waals surface area contributed by atoms with Crippen LogP contribution in [0.3, 0.4) is 0 Å². The number of thiophene rings is 1. The van der Waals surface area contributed by atoms with Crippen LogP contribution in [0.2, 0.25) is 5.02 Å². The van der Waals surface area contributed by atoms with Crippen molar-refractivity contribution in [1.29, 1.82) is 0 Å². The topological polar surface area (TPSA) is 49.0 Å². The fraction of sp³-hybridized carbons (Fsp3) is 0.263. The Balaban J connectivity index is 1.59. The average molecular weight is 372 g/mol. The summed E-state index contributed by atoms with van der Waals surface area (Å²) < 4.78 is 0. The summed E-state index contributed by atoms with van der Waals surface area (Å²) in [7, 11) is 0. The normalized spacial score (nSPS) is 14.5. The molecule has 0 unspecified atom stereocenters. The first-order valence-corrected chi connectivity index (χ1v) is 9.49. The van der Waals surface area contributed by atoms with Crippen LogP contribution in [-0.4, -0.2) is 21.4 Å². The van der Waals surface area contributed by atoms with E-state index < -0.39 is 0 Å². The fourth-order valence-electron chi connectivity index (χ4n) is 3.15. The van der Waals surface area contributed by atoms with Gasteiger partial charge in [-0.15, -0.1) is 11.3 Å². The Morgan fingerprint density at radius 1 is 1.36 bits per heavy atom. The molecule has 1 N–H and O–H groups in total. The van der Waals surface area contributed by atoms with E-state index >= 15 is 0 Å². The van der Waals surface area contributed by atoms with Crippen molar-refractivity contribution in [2.45, 2.75) is 26.4 Å². The molecule has 3 aromatic rings. The summed E-state index contributed by atoms with van der Waals surface area (Å²) in [4.78, 5) is 23.4. The van der Waals surface area contributed by atoms with E-state index in [1.165, 1.54) is 5.56 Å². The molecule has 0 aliphatic carbocycles. The second-order valence-corrected chi connectivity index (χ2v) is 7.72. The van der Waals surface area contributed by atoms with Crippen LogP contribution >= 0.6 is 22.9 Å². The number of fused-ring (bicyclic) bond motifs is 1. The Kier molecular flexibility index (Phi) is 4.46. The highest BCUT2D eigenvalue weighted by Gasteiger charge is 2.21. The highest BCUT2D eigenvalue weighted by atomic mass is 35.5. The number of aromatic amines is 1. The molecule has 0 atom stereocenters. The van der Waals surface area contributed by atoms with Gasteiger partial charge >= 0.3 is 0 Å². The summed E-state index contributed by atoms with van der Waals surface area (Å²) in [6.07, 6.45) is 0.724. The largest absolute Gasteiger partial charge is 0.306 e. The Labute approximate surface area is 155 Å². The number of hydrogen-bond acceptors (Lipinski definition) is 4. The van der Waals surface area contributed by atoms with E-state index in [2.05, 4.69) is 16.0 Å². The molecule has 4 rings (SSSR count). The van der Waals surface area contributed by atoms with Gasteiger partial charge in [0.2, 0.25) is 0 Å². The lowest BCUT2D eigenvalue weighted by atomic mass is 10.0. The van der Waals surface area contributed by atoms with Gasteiger partial charge in [-0.2, -0.15) is 0 Å². The number of rotatable bonds is 3. The molecule has 1 aliphatic rings. The lowest BCUT2D eigenvalue weighted by Gasteiger charge is -2.27. The van der Waals surface area contributed by atoms with Crippen molar-refractivity contribution in [3.8, 4) is 10.7 Å². The smallest absolute Gasteiger partial charge is 0.254 e. The Morgan fingerprint density at radius 2 is 2.24 bits per heavy atom. The first-order valence-electron chi connectivity index (χ1n) is 8.23. The summed E-state index contributed by atoms with van der Waals surface area (Å²) in [6, 6.07) is 10.1. The van der Waals surface area contributed by atoms with Gasteiger partial charge in [-0.25, -0.2) is 4.98 Å². The number of nitrogens with zero attached hydrogens (tertiary/aromatic N) is 2. The molecule has 0 bridgehead atoms. The van der Waals surface area contributed by atoms with Gasteiger partial charge in [0.25, 0.3) is 5.56 Å². The monoisotopic (exact) mass is 371 g/mol. The van der Waals surface area contributed by atoms with Gasteiger partial charge in [-0.1, -0.05) is 29.8 Å². The molecular weight excluding hydrogens is 354 g/mol. The molecule has 3 heterocycles. The van der Waals surface area contributed by atoms with Crippen molar-refractivity contribution in [2.75, 3.05) is 6.54 Å². The minimum Gasteiger partial charge on any atom is -0.306 e. The van der Waals surface area contributed by atoms with Crippen molar-refractivity contribution in [1.82, 2.24) is 14.9 Å². The van der Waals surface area contributed by atoms with Crippen LogP contribution in [0.15, 0.2) is 40.5 Å². The van der Waals surface area contributed by atoms with Gasteiger partial charge in [-0.3, -0.25) is 9.69 Å². The third-order valence-corrected chi connectivity index (χ3v) is 5.83. The Morgan fingerprint density at radius 3 is 3.00 bits per heavy atom. The summed E-state index contributed by atoms with van der Waals surface area (Å²) in [6.45, 7) is 4.35. The molecule has 25 heavy (non-hydrogen) atoms. The van der Waals surface area contributed by atoms with Crippen LogP contribution in [0.4, 0.5) is 0 Å². The predicted octanol–water partition coefficient (Wildman–Crippen LogP) is 4.02. The Hall–Kier alpha value is -1.95. The predicted molar refractivity (Wildman–Crippen MR) is 102 cm³/mol. The summed E-state index contributed by atoms with van der Waals surface area (Å²) in [5.74, 6) is 0.666. The fourth-order valence-corrected chi connectivity index (χ4v) is 4.02. The van der Waals surface area contributed by atoms with Gasteiger partial charge < -0.3 is 4.98 Å². The van der Waals surface area contributed by atoms with Crippen LogP contribution in [0.5, 0.6) is 0 Å². The highest BCUT2D eigenvalue weighted by molar-refractivity contribution is 7.13. The van der Waals surface area contributed by atoms with Gasteiger partial charge in [0.05, 0.1) is 10.6 Å². The van der Waals surface area contributed by atoms with E-state index in [9.17, 15) is 4.79 Å². The molecule has 0 saturated heterocycles. The molecule has 4 nitrogen and oxygen atoms in total. The van der Waals surface area contributed by atoms with E-state index in [4.69, 9.17) is 16.6 Å². The lowest BCUT2D eigenvalue weighted by Crippen LogP contribution is -2.35. The number of benzene rings is 1. The number of halogens is 1. The zero-order valence-electron chi connectivity index (χ0n) is 13.9. The Bertz CT molecular complexity index is 965. The molecule has 6 heteroatoms. The number of nitrogens with one attached hydrogen (secondary N) is 1. The second-order valence-electron chi connectivity index (χ2n) is 6.36. The zero-order valence-corrected chi connectivity index (χ0v) is 15.5. The zero-order chi connectivity index (χ0) is 17.4. The quantitative estimate of drug-likeness (QED) is 0.756. The van der Waals surface area contributed by atoms with E-state index in [-0.39, 0.29) is 5.56 Å². The molecule has 2 aromatic heterocycles. The minimum atomic E-state index is -0.00793. The van der Waals surface area contributed by atoms with Crippen LogP contribution in [0.25, 0.3) is 10.7 Å². The summed E-state index contributed by atoms with van der Waals surface area (Å²) >= 11 is 7.82. The molecule has 128 valence electrons. The number of aromatic nitrogens is 2. The highest BCUT2D eigenvalue weighted by Crippen LogP contribution is 2.24. The van der Waals surface area contributed by atoms with Crippen molar-refractivity contribution >= 4 is 22.9 Å². The van der Waals surface area contributed by atoms with Crippen LogP contribution in [-0.2, 0) is 19.5 Å². The van der Waals surface area contributed by atoms with Crippen LogP contribution in [0, 0.1) is 6.92 Å². The van der Waals surface area contributed by atoms with Crippen molar-refractivity contribution in [3.63, 3.8) is 0 Å². The summed E-state index contributed by atoms with van der Waals surface area (Å²) in [5.41, 5.74) is 3.96.